The van der Waals surface area contributed by atoms with Gasteiger partial charge in [-0.1, -0.05) is 35.5 Å². The molecule has 0 amide bonds. The maximum Gasteiger partial charge on any atom is 0.417 e. The van der Waals surface area contributed by atoms with Gasteiger partial charge >= 0.3 is 6.18 Å². The summed E-state index contributed by atoms with van der Waals surface area (Å²) in [6, 6.07) is 7.97. The summed E-state index contributed by atoms with van der Waals surface area (Å²) in [4.78, 5) is 12.4. The number of anilines is 3. The van der Waals surface area contributed by atoms with Crippen molar-refractivity contribution < 1.29 is 17.9 Å². The molecule has 9 nitrogen and oxygen atoms in total. The number of para-hydroxylation sites is 2. The lowest BCUT2D eigenvalue weighted by atomic mass is 10.3. The van der Waals surface area contributed by atoms with Gasteiger partial charge in [0.05, 0.1) is 29.1 Å². The third kappa shape index (κ3) is 4.62. The zero-order valence-electron chi connectivity index (χ0n) is 16.3. The molecule has 0 aliphatic heterocycles. The Balaban J connectivity index is 1.58. The van der Waals surface area contributed by atoms with Gasteiger partial charge in [0.25, 0.3) is 0 Å². The minimum Gasteiger partial charge on any atom is -0.495 e. The summed E-state index contributed by atoms with van der Waals surface area (Å²) < 4.78 is 45.8. The van der Waals surface area contributed by atoms with Gasteiger partial charge in [-0.3, -0.25) is 4.40 Å². The van der Waals surface area contributed by atoms with Gasteiger partial charge in [-0.05, 0) is 18.2 Å². The monoisotopic (exact) mass is 482 g/mol. The average Bonchev–Trinajstić information content (AvgIpc) is 3.15. The van der Waals surface area contributed by atoms with E-state index in [4.69, 9.17) is 22.1 Å². The topological polar surface area (TPSA) is 116 Å². The number of ether oxygens (including phenoxy) is 1. The predicted molar refractivity (Wildman–Crippen MR) is 113 cm³/mol. The first-order chi connectivity index (χ1) is 15.2. The quantitative estimate of drug-likeness (QED) is 0.390. The summed E-state index contributed by atoms with van der Waals surface area (Å²) in [6.07, 6.45) is -3.67. The van der Waals surface area contributed by atoms with Crippen LogP contribution in [0.5, 0.6) is 5.75 Å². The molecule has 3 aromatic heterocycles. The van der Waals surface area contributed by atoms with Crippen molar-refractivity contribution in [3.8, 4) is 5.75 Å². The summed E-state index contributed by atoms with van der Waals surface area (Å²) in [7, 11) is 1.53. The minimum absolute atomic E-state index is 0.0264. The van der Waals surface area contributed by atoms with E-state index in [2.05, 4.69) is 30.5 Å². The maximum atomic E-state index is 13.1. The number of thioether (sulfide) groups is 1. The lowest BCUT2D eigenvalue weighted by Crippen LogP contribution is -2.08. The standard InChI is InChI=1S/C18H14ClF3N8OS/c1-31-12-5-3-2-4-11(12)24-16-26-13(25-15(23)27-16)8-32-17-29-28-14-10(19)6-9(7-30(14)17)18(20,21)22/h2-7H,8H2,1H3,(H3,23,24,25,26,27). The number of rotatable bonds is 6. The molecule has 1 aromatic carbocycles. The molecule has 3 N–H and O–H groups in total. The summed E-state index contributed by atoms with van der Waals surface area (Å²) in [5.41, 5.74) is 5.61. The van der Waals surface area contributed by atoms with Gasteiger partial charge in [0, 0.05) is 6.20 Å². The normalized spacial score (nSPS) is 11.7. The smallest absolute Gasteiger partial charge is 0.417 e. The predicted octanol–water partition coefficient (Wildman–Crippen LogP) is 4.21. The van der Waals surface area contributed by atoms with E-state index in [9.17, 15) is 13.2 Å². The van der Waals surface area contributed by atoms with Crippen molar-refractivity contribution in [2.75, 3.05) is 18.2 Å². The Morgan fingerprint density at radius 1 is 1.19 bits per heavy atom. The Morgan fingerprint density at radius 3 is 2.72 bits per heavy atom. The van der Waals surface area contributed by atoms with E-state index in [-0.39, 0.29) is 39.3 Å². The molecule has 0 radical (unpaired) electrons. The highest BCUT2D eigenvalue weighted by molar-refractivity contribution is 7.98. The number of nitrogens with one attached hydrogen (secondary N) is 1. The Bertz CT molecular complexity index is 1280. The first-order valence-corrected chi connectivity index (χ1v) is 10.3. The van der Waals surface area contributed by atoms with Gasteiger partial charge in [-0.15, -0.1) is 10.2 Å². The van der Waals surface area contributed by atoms with Crippen molar-refractivity contribution in [2.45, 2.75) is 17.1 Å². The van der Waals surface area contributed by atoms with Gasteiger partial charge in [-0.25, -0.2) is 0 Å². The molecule has 4 rings (SSSR count). The zero-order chi connectivity index (χ0) is 22.9. The second kappa shape index (κ2) is 8.67. The highest BCUT2D eigenvalue weighted by atomic mass is 35.5. The Labute approximate surface area is 188 Å². The number of alkyl halides is 3. The number of nitrogen functional groups attached to an aromatic ring is 1. The highest BCUT2D eigenvalue weighted by Crippen LogP contribution is 2.33. The number of fused-ring (bicyclic) bond motifs is 1. The van der Waals surface area contributed by atoms with Crippen LogP contribution in [0.25, 0.3) is 5.65 Å². The molecule has 0 saturated carbocycles. The molecule has 0 aliphatic carbocycles. The van der Waals surface area contributed by atoms with Gasteiger partial charge in [0.1, 0.15) is 11.6 Å². The summed E-state index contributed by atoms with van der Waals surface area (Å²) in [6.45, 7) is 0. The molecular formula is C18H14ClF3N8OS. The van der Waals surface area contributed by atoms with E-state index in [0.29, 0.717) is 11.4 Å². The Morgan fingerprint density at radius 2 is 1.97 bits per heavy atom. The Kier molecular flexibility index (Phi) is 5.93. The van der Waals surface area contributed by atoms with Crippen LogP contribution in [-0.2, 0) is 11.9 Å². The van der Waals surface area contributed by atoms with Crippen LogP contribution in [0.3, 0.4) is 0 Å². The van der Waals surface area contributed by atoms with E-state index >= 15 is 0 Å². The molecule has 14 heteroatoms. The molecule has 0 unspecified atom stereocenters. The second-order valence-corrected chi connectivity index (χ2v) is 7.65. The number of hydrogen-bond donors (Lipinski definition) is 2. The van der Waals surface area contributed by atoms with Crippen LogP contribution < -0.4 is 15.8 Å². The number of nitrogens with two attached hydrogens (primary N) is 1. The van der Waals surface area contributed by atoms with Crippen molar-refractivity contribution in [2.24, 2.45) is 0 Å². The van der Waals surface area contributed by atoms with E-state index in [0.717, 1.165) is 24.0 Å². The molecule has 4 aromatic rings. The number of halogens is 4. The van der Waals surface area contributed by atoms with Crippen molar-refractivity contribution >= 4 is 46.6 Å². The van der Waals surface area contributed by atoms with Crippen LogP contribution in [0.2, 0.25) is 5.02 Å². The molecular weight excluding hydrogens is 469 g/mol. The molecule has 0 bridgehead atoms. The lowest BCUT2D eigenvalue weighted by Gasteiger charge is -2.10. The number of methoxy groups -OCH3 is 1. The number of aromatic nitrogens is 6. The first-order valence-electron chi connectivity index (χ1n) is 8.89. The first kappa shape index (κ1) is 21.9. The number of nitrogens with zero attached hydrogens (tertiary/aromatic N) is 6. The third-order valence-corrected chi connectivity index (χ3v) is 5.36. The summed E-state index contributed by atoms with van der Waals surface area (Å²) in [5, 5.41) is 10.8. The van der Waals surface area contributed by atoms with Crippen LogP contribution >= 0.6 is 23.4 Å². The van der Waals surface area contributed by atoms with Crippen LogP contribution in [0.15, 0.2) is 41.7 Å². The van der Waals surface area contributed by atoms with Crippen molar-refractivity contribution in [1.29, 1.82) is 0 Å². The van der Waals surface area contributed by atoms with Gasteiger partial charge < -0.3 is 15.8 Å². The van der Waals surface area contributed by atoms with Gasteiger partial charge in [0.2, 0.25) is 11.9 Å². The number of hydrogen-bond acceptors (Lipinski definition) is 9. The van der Waals surface area contributed by atoms with Crippen LogP contribution in [0, 0.1) is 0 Å². The molecule has 0 aliphatic rings. The number of benzene rings is 1. The second-order valence-electron chi connectivity index (χ2n) is 6.30. The van der Waals surface area contributed by atoms with E-state index in [1.165, 1.54) is 11.5 Å². The van der Waals surface area contributed by atoms with Gasteiger partial charge in [0.15, 0.2) is 10.8 Å². The van der Waals surface area contributed by atoms with E-state index in [1.807, 2.05) is 12.1 Å². The van der Waals surface area contributed by atoms with Crippen LogP contribution in [0.1, 0.15) is 11.4 Å². The minimum atomic E-state index is -4.56. The lowest BCUT2D eigenvalue weighted by molar-refractivity contribution is -0.137. The van der Waals surface area contributed by atoms with Crippen molar-refractivity contribution in [3.63, 3.8) is 0 Å². The fraction of sp³-hybridized carbons (Fsp3) is 0.167. The molecule has 0 saturated heterocycles. The fourth-order valence-electron chi connectivity index (χ4n) is 2.74. The molecule has 0 fully saturated rings. The van der Waals surface area contributed by atoms with Crippen LogP contribution in [-0.4, -0.2) is 36.7 Å². The average molecular weight is 483 g/mol. The number of pyridine rings is 1. The van der Waals surface area contributed by atoms with E-state index < -0.39 is 11.7 Å². The van der Waals surface area contributed by atoms with Crippen molar-refractivity contribution in [3.05, 3.63) is 52.9 Å². The molecule has 166 valence electrons. The van der Waals surface area contributed by atoms with Crippen LogP contribution in [0.4, 0.5) is 30.8 Å². The fourth-order valence-corrected chi connectivity index (χ4v) is 3.75. The third-order valence-electron chi connectivity index (χ3n) is 4.14. The summed E-state index contributed by atoms with van der Waals surface area (Å²) >= 11 is 7.01. The van der Waals surface area contributed by atoms with Gasteiger partial charge in [-0.2, -0.15) is 28.1 Å². The summed E-state index contributed by atoms with van der Waals surface area (Å²) in [5.74, 6) is 1.17. The Hall–Kier alpha value is -3.32. The van der Waals surface area contributed by atoms with Crippen molar-refractivity contribution in [1.82, 2.24) is 29.5 Å². The maximum absolute atomic E-state index is 13.1. The van der Waals surface area contributed by atoms with E-state index in [1.54, 1.807) is 12.1 Å². The zero-order valence-corrected chi connectivity index (χ0v) is 17.8. The largest absolute Gasteiger partial charge is 0.495 e. The molecule has 0 spiro atoms. The molecule has 0 atom stereocenters. The molecule has 3 heterocycles. The molecule has 32 heavy (non-hydrogen) atoms. The SMILES string of the molecule is COc1ccccc1Nc1nc(N)nc(CSc2nnc3c(Cl)cc(C(F)(F)F)cn23)n1. The highest BCUT2D eigenvalue weighted by Gasteiger charge is 2.32.